The third-order valence-electron chi connectivity index (χ3n) is 5.63. The number of hydrogen-bond acceptors (Lipinski definition) is 4. The third-order valence-corrected chi connectivity index (χ3v) is 7.04. The Morgan fingerprint density at radius 1 is 1.00 bits per heavy atom. The molecule has 2 heterocycles. The van der Waals surface area contributed by atoms with Crippen molar-refractivity contribution in [3.63, 3.8) is 0 Å². The van der Waals surface area contributed by atoms with E-state index in [0.717, 1.165) is 42.0 Å². The Morgan fingerprint density at radius 3 is 2.61 bits per heavy atom. The zero-order chi connectivity index (χ0) is 18.3. The van der Waals surface area contributed by atoms with E-state index in [0.29, 0.717) is 0 Å². The third kappa shape index (κ3) is 3.15. The van der Waals surface area contributed by atoms with Crippen molar-refractivity contribution in [2.45, 2.75) is 23.8 Å². The SMILES string of the molecule is Br.OC1(c2cccc3ccccc23)C(CCc2ccccc2)SC2=NCCN21. The van der Waals surface area contributed by atoms with Crippen LogP contribution in [0, 0.1) is 0 Å². The van der Waals surface area contributed by atoms with Gasteiger partial charge < -0.3 is 10.0 Å². The first-order valence-corrected chi connectivity index (χ1v) is 10.4. The van der Waals surface area contributed by atoms with Gasteiger partial charge in [-0.3, -0.25) is 4.99 Å². The van der Waals surface area contributed by atoms with Crippen molar-refractivity contribution in [1.82, 2.24) is 4.90 Å². The van der Waals surface area contributed by atoms with Crippen LogP contribution in [0.4, 0.5) is 0 Å². The van der Waals surface area contributed by atoms with Crippen LogP contribution < -0.4 is 0 Å². The number of aryl methyl sites for hydroxylation is 1. The van der Waals surface area contributed by atoms with Crippen molar-refractivity contribution in [2.75, 3.05) is 13.1 Å². The molecule has 2 aliphatic rings. The van der Waals surface area contributed by atoms with Crippen LogP contribution in [0.2, 0.25) is 0 Å². The Hall–Kier alpha value is -1.82. The molecule has 0 aliphatic carbocycles. The Bertz CT molecular complexity index is 1000. The van der Waals surface area contributed by atoms with Gasteiger partial charge in [0.25, 0.3) is 0 Å². The lowest BCUT2D eigenvalue weighted by molar-refractivity contribution is -0.0658. The van der Waals surface area contributed by atoms with Gasteiger partial charge in [0.05, 0.1) is 11.8 Å². The summed E-state index contributed by atoms with van der Waals surface area (Å²) >= 11 is 1.74. The van der Waals surface area contributed by atoms with E-state index < -0.39 is 5.72 Å². The van der Waals surface area contributed by atoms with Crippen LogP contribution in [-0.2, 0) is 12.1 Å². The molecule has 1 N–H and O–H groups in total. The number of amidine groups is 1. The molecule has 0 aromatic heterocycles. The summed E-state index contributed by atoms with van der Waals surface area (Å²) in [6.07, 6.45) is 1.86. The molecule has 0 amide bonds. The number of benzene rings is 3. The number of thioether (sulfide) groups is 1. The molecule has 0 bridgehead atoms. The average molecular weight is 455 g/mol. The fraction of sp³-hybridized carbons (Fsp3) is 0.261. The van der Waals surface area contributed by atoms with Gasteiger partial charge in [0.15, 0.2) is 10.9 Å². The van der Waals surface area contributed by atoms with Gasteiger partial charge in [-0.1, -0.05) is 84.6 Å². The lowest BCUT2D eigenvalue weighted by atomic mass is 9.89. The highest BCUT2D eigenvalue weighted by atomic mass is 79.9. The number of aliphatic imine (C=N–C) groups is 1. The van der Waals surface area contributed by atoms with Crippen molar-refractivity contribution in [3.05, 3.63) is 83.9 Å². The van der Waals surface area contributed by atoms with E-state index in [1.807, 2.05) is 6.07 Å². The second kappa shape index (κ2) is 7.90. The summed E-state index contributed by atoms with van der Waals surface area (Å²) < 4.78 is 0. The minimum atomic E-state index is -1.02. The first-order chi connectivity index (χ1) is 13.3. The number of fused-ring (bicyclic) bond motifs is 2. The van der Waals surface area contributed by atoms with Gasteiger partial charge in [0.1, 0.15) is 0 Å². The van der Waals surface area contributed by atoms with Gasteiger partial charge in [0, 0.05) is 12.1 Å². The molecule has 3 aromatic carbocycles. The zero-order valence-electron chi connectivity index (χ0n) is 15.5. The second-order valence-electron chi connectivity index (χ2n) is 7.20. The molecule has 144 valence electrons. The lowest BCUT2D eigenvalue weighted by Gasteiger charge is -2.37. The van der Waals surface area contributed by atoms with Gasteiger partial charge in [0.2, 0.25) is 0 Å². The molecule has 3 aromatic rings. The standard InChI is InChI=1S/C23H22N2OS.BrH/c26-23(20-12-6-10-18-9-4-5-11-19(18)20)21(27-22-24-15-16-25(22)23)14-13-17-7-2-1-3-8-17;/h1-12,21,26H,13-16H2;1H. The average Bonchev–Trinajstić information content (AvgIpc) is 3.29. The van der Waals surface area contributed by atoms with E-state index in [1.165, 1.54) is 10.9 Å². The Morgan fingerprint density at radius 2 is 1.75 bits per heavy atom. The summed E-state index contributed by atoms with van der Waals surface area (Å²) in [6, 6.07) is 25.1. The van der Waals surface area contributed by atoms with Gasteiger partial charge >= 0.3 is 0 Å². The maximum atomic E-state index is 12.1. The van der Waals surface area contributed by atoms with E-state index in [-0.39, 0.29) is 22.2 Å². The Labute approximate surface area is 180 Å². The molecular formula is C23H23BrN2OS. The number of nitrogens with zero attached hydrogens (tertiary/aromatic N) is 2. The van der Waals surface area contributed by atoms with Crippen LogP contribution in [0.25, 0.3) is 10.8 Å². The van der Waals surface area contributed by atoms with Crippen molar-refractivity contribution < 1.29 is 5.11 Å². The van der Waals surface area contributed by atoms with Crippen LogP contribution in [-0.4, -0.2) is 33.5 Å². The molecule has 3 nitrogen and oxygen atoms in total. The first kappa shape index (κ1) is 19.5. The minimum Gasteiger partial charge on any atom is -0.366 e. The predicted octanol–water partition coefficient (Wildman–Crippen LogP) is 4.98. The number of rotatable bonds is 4. The van der Waals surface area contributed by atoms with Crippen molar-refractivity contribution in [2.24, 2.45) is 4.99 Å². The molecule has 1 fully saturated rings. The maximum absolute atomic E-state index is 12.1. The van der Waals surface area contributed by atoms with E-state index in [9.17, 15) is 5.11 Å². The molecule has 5 rings (SSSR count). The fourth-order valence-corrected chi connectivity index (χ4v) is 5.73. The van der Waals surface area contributed by atoms with Crippen molar-refractivity contribution >= 4 is 44.7 Å². The van der Waals surface area contributed by atoms with Gasteiger partial charge in [-0.2, -0.15) is 0 Å². The summed E-state index contributed by atoms with van der Waals surface area (Å²) in [5, 5.41) is 15.4. The van der Waals surface area contributed by atoms with Crippen LogP contribution in [0.3, 0.4) is 0 Å². The minimum absolute atomic E-state index is 0. The first-order valence-electron chi connectivity index (χ1n) is 9.50. The van der Waals surface area contributed by atoms with Gasteiger partial charge in [-0.25, -0.2) is 0 Å². The largest absolute Gasteiger partial charge is 0.366 e. The number of hydrogen-bond donors (Lipinski definition) is 1. The number of aliphatic hydroxyl groups is 1. The summed E-state index contributed by atoms with van der Waals surface area (Å²) in [5.74, 6) is 0. The van der Waals surface area contributed by atoms with E-state index in [1.54, 1.807) is 11.8 Å². The normalized spacial score (nSPS) is 23.4. The molecule has 0 spiro atoms. The molecule has 5 heteroatoms. The van der Waals surface area contributed by atoms with E-state index >= 15 is 0 Å². The molecule has 28 heavy (non-hydrogen) atoms. The molecular weight excluding hydrogens is 432 g/mol. The van der Waals surface area contributed by atoms with Crippen LogP contribution >= 0.6 is 28.7 Å². The van der Waals surface area contributed by atoms with E-state index in [2.05, 4.69) is 76.6 Å². The quantitative estimate of drug-likeness (QED) is 0.603. The summed E-state index contributed by atoms with van der Waals surface area (Å²) in [7, 11) is 0. The summed E-state index contributed by atoms with van der Waals surface area (Å²) in [5.41, 5.74) is 1.29. The second-order valence-corrected chi connectivity index (χ2v) is 8.37. The van der Waals surface area contributed by atoms with Gasteiger partial charge in [-0.05, 0) is 29.2 Å². The zero-order valence-corrected chi connectivity index (χ0v) is 18.0. The highest BCUT2D eigenvalue weighted by Crippen LogP contribution is 2.49. The lowest BCUT2D eigenvalue weighted by Crippen LogP contribution is -2.48. The van der Waals surface area contributed by atoms with Gasteiger partial charge in [-0.15, -0.1) is 17.0 Å². The molecule has 2 aliphatic heterocycles. The molecule has 0 radical (unpaired) electrons. The fourth-order valence-electron chi connectivity index (χ4n) is 4.29. The number of halogens is 1. The highest BCUT2D eigenvalue weighted by Gasteiger charge is 2.53. The molecule has 0 saturated carbocycles. The Balaban J connectivity index is 0.00000192. The van der Waals surface area contributed by atoms with E-state index in [4.69, 9.17) is 0 Å². The molecule has 2 atom stereocenters. The Kier molecular flexibility index (Phi) is 5.50. The van der Waals surface area contributed by atoms with Crippen molar-refractivity contribution in [1.29, 1.82) is 0 Å². The topological polar surface area (TPSA) is 35.8 Å². The predicted molar refractivity (Wildman–Crippen MR) is 123 cm³/mol. The van der Waals surface area contributed by atoms with Crippen LogP contribution in [0.1, 0.15) is 17.5 Å². The maximum Gasteiger partial charge on any atom is 0.179 e. The van der Waals surface area contributed by atoms with Crippen LogP contribution in [0.15, 0.2) is 77.8 Å². The monoisotopic (exact) mass is 454 g/mol. The smallest absolute Gasteiger partial charge is 0.179 e. The summed E-state index contributed by atoms with van der Waals surface area (Å²) in [6.45, 7) is 1.55. The highest BCUT2D eigenvalue weighted by molar-refractivity contribution is 8.93. The molecule has 2 unspecified atom stereocenters. The van der Waals surface area contributed by atoms with Crippen LogP contribution in [0.5, 0.6) is 0 Å². The van der Waals surface area contributed by atoms with Crippen molar-refractivity contribution in [3.8, 4) is 0 Å². The summed E-state index contributed by atoms with van der Waals surface area (Å²) in [4.78, 5) is 6.77. The molecule has 1 saturated heterocycles.